The van der Waals surface area contributed by atoms with Gasteiger partial charge in [-0.15, -0.1) is 0 Å². The number of anilines is 2. The van der Waals surface area contributed by atoms with Gasteiger partial charge in [0.05, 0.1) is 11.9 Å². The van der Waals surface area contributed by atoms with Gasteiger partial charge in [0, 0.05) is 48.1 Å². The van der Waals surface area contributed by atoms with Crippen molar-refractivity contribution >= 4 is 28.6 Å². The Bertz CT molecular complexity index is 1570. The summed E-state index contributed by atoms with van der Waals surface area (Å²) >= 11 is 0. The zero-order valence-electron chi connectivity index (χ0n) is 22.4. The Labute approximate surface area is 224 Å². The Morgan fingerprint density at radius 2 is 1.92 bits per heavy atom. The van der Waals surface area contributed by atoms with Gasteiger partial charge in [0.2, 0.25) is 11.9 Å². The largest absolute Gasteiger partial charge is 0.387 e. The van der Waals surface area contributed by atoms with E-state index >= 15 is 4.39 Å². The summed E-state index contributed by atoms with van der Waals surface area (Å²) in [6.07, 6.45) is 2.49. The fourth-order valence-electron chi connectivity index (χ4n) is 5.25. The molecule has 1 aromatic carbocycles. The zero-order valence-corrected chi connectivity index (χ0v) is 22.4. The number of amides is 1. The van der Waals surface area contributed by atoms with Crippen molar-refractivity contribution in [2.75, 3.05) is 18.5 Å². The molecule has 0 spiro atoms. The van der Waals surface area contributed by atoms with E-state index in [9.17, 15) is 9.18 Å². The van der Waals surface area contributed by atoms with Gasteiger partial charge in [0.15, 0.2) is 11.6 Å². The first-order chi connectivity index (χ1) is 18.7. The molecule has 0 bridgehead atoms. The molecule has 39 heavy (non-hydrogen) atoms. The lowest BCUT2D eigenvalue weighted by molar-refractivity contribution is -0.135. The summed E-state index contributed by atoms with van der Waals surface area (Å²) in [5, 5.41) is 17.2. The number of aliphatic hydroxyl groups is 1. The molecule has 0 saturated carbocycles. The summed E-state index contributed by atoms with van der Waals surface area (Å²) < 4.78 is 31.8. The van der Waals surface area contributed by atoms with Crippen LogP contribution < -0.4 is 5.32 Å². The number of pyridine rings is 1. The van der Waals surface area contributed by atoms with E-state index in [-0.39, 0.29) is 28.5 Å². The lowest BCUT2D eigenvalue weighted by atomic mass is 9.86. The minimum Gasteiger partial charge on any atom is -0.387 e. The van der Waals surface area contributed by atoms with Crippen molar-refractivity contribution in [3.63, 3.8) is 0 Å². The van der Waals surface area contributed by atoms with Crippen molar-refractivity contribution in [3.05, 3.63) is 59.0 Å². The number of nitrogens with zero attached hydrogens (tertiary/aromatic N) is 6. The van der Waals surface area contributed by atoms with E-state index in [2.05, 4.69) is 39.2 Å². The van der Waals surface area contributed by atoms with Crippen LogP contribution in [0.2, 0.25) is 0 Å². The maximum absolute atomic E-state index is 15.1. The monoisotopic (exact) mass is 535 g/mol. The van der Waals surface area contributed by atoms with Crippen LogP contribution in [0.4, 0.5) is 20.5 Å². The van der Waals surface area contributed by atoms with Crippen LogP contribution in [-0.4, -0.2) is 53.8 Å². The highest BCUT2D eigenvalue weighted by Crippen LogP contribution is 2.40. The quantitative estimate of drug-likeness (QED) is 0.396. The van der Waals surface area contributed by atoms with Gasteiger partial charge in [0.1, 0.15) is 23.6 Å². The molecular weight excluding hydrogens is 504 g/mol. The number of carbonyl (C=O) groups excluding carboxylic acids is 1. The van der Waals surface area contributed by atoms with Crippen molar-refractivity contribution in [2.45, 2.75) is 59.0 Å². The number of aryl methyl sites for hydroxylation is 1. The van der Waals surface area contributed by atoms with Gasteiger partial charge < -0.3 is 15.3 Å². The van der Waals surface area contributed by atoms with E-state index in [1.807, 2.05) is 24.6 Å². The lowest BCUT2D eigenvalue weighted by Gasteiger charge is -2.28. The number of halogens is 2. The van der Waals surface area contributed by atoms with Crippen LogP contribution in [0.5, 0.6) is 0 Å². The van der Waals surface area contributed by atoms with Crippen LogP contribution in [-0.2, 0) is 29.7 Å². The standard InChI is InChI=1S/C26H25F2N7O2.C2H6/c1-26(2)6-8-35-24(26)16-9-15(10-17(27)23(16)33-35)22-18(28)11-29-25(32-22)31-20-4-3-14-12-34(21(37)13-36)7-5-19(14)30-20;1-2/h3-4,9-11,36H,5-8,12-13H2,1-2H3,(H,29,30,31,32);1-2H3. The molecule has 0 saturated heterocycles. The van der Waals surface area contributed by atoms with Crippen molar-refractivity contribution < 1.29 is 18.7 Å². The highest BCUT2D eigenvalue weighted by Gasteiger charge is 2.34. The maximum atomic E-state index is 15.1. The van der Waals surface area contributed by atoms with Crippen LogP contribution in [0.25, 0.3) is 22.2 Å². The van der Waals surface area contributed by atoms with E-state index in [0.29, 0.717) is 42.8 Å². The van der Waals surface area contributed by atoms with Crippen LogP contribution in [0.1, 0.15) is 51.1 Å². The molecule has 2 N–H and O–H groups in total. The molecule has 11 heteroatoms. The number of benzene rings is 1. The number of hydrogen-bond donors (Lipinski definition) is 2. The fourth-order valence-corrected chi connectivity index (χ4v) is 5.25. The van der Waals surface area contributed by atoms with E-state index in [1.165, 1.54) is 6.07 Å². The molecule has 4 aromatic rings. The van der Waals surface area contributed by atoms with Crippen LogP contribution in [0.3, 0.4) is 0 Å². The van der Waals surface area contributed by atoms with Gasteiger partial charge in [-0.2, -0.15) is 5.10 Å². The molecule has 1 amide bonds. The molecule has 9 nitrogen and oxygen atoms in total. The van der Waals surface area contributed by atoms with Crippen molar-refractivity contribution in [1.82, 2.24) is 29.6 Å². The number of hydrogen-bond acceptors (Lipinski definition) is 7. The molecular formula is C28H31F2N7O2. The molecule has 0 unspecified atom stereocenters. The number of carbonyl (C=O) groups is 1. The molecule has 6 rings (SSSR count). The first kappa shape index (κ1) is 26.6. The summed E-state index contributed by atoms with van der Waals surface area (Å²) in [5.41, 5.74) is 3.03. The second-order valence-corrected chi connectivity index (χ2v) is 10.1. The fraction of sp³-hybridized carbons (Fsp3) is 0.393. The van der Waals surface area contributed by atoms with Crippen LogP contribution >= 0.6 is 0 Å². The summed E-state index contributed by atoms with van der Waals surface area (Å²) in [7, 11) is 0. The van der Waals surface area contributed by atoms with Gasteiger partial charge in [-0.3, -0.25) is 9.48 Å². The molecule has 5 heterocycles. The van der Waals surface area contributed by atoms with Gasteiger partial charge in [0.25, 0.3) is 0 Å². The lowest BCUT2D eigenvalue weighted by Crippen LogP contribution is -2.37. The smallest absolute Gasteiger partial charge is 0.248 e. The highest BCUT2D eigenvalue weighted by molar-refractivity contribution is 5.88. The van der Waals surface area contributed by atoms with Crippen LogP contribution in [0, 0.1) is 11.6 Å². The zero-order chi connectivity index (χ0) is 27.9. The number of rotatable bonds is 4. The highest BCUT2D eigenvalue weighted by atomic mass is 19.1. The number of aliphatic hydroxyl groups excluding tert-OH is 1. The molecule has 0 aliphatic carbocycles. The Morgan fingerprint density at radius 1 is 1.13 bits per heavy atom. The summed E-state index contributed by atoms with van der Waals surface area (Å²) in [6, 6.07) is 6.57. The molecule has 0 radical (unpaired) electrons. The summed E-state index contributed by atoms with van der Waals surface area (Å²) in [5.74, 6) is -0.921. The Hall–Kier alpha value is -3.99. The summed E-state index contributed by atoms with van der Waals surface area (Å²) in [4.78, 5) is 26.4. The van der Waals surface area contributed by atoms with Gasteiger partial charge in [-0.25, -0.2) is 23.7 Å². The Balaban J connectivity index is 0.00000151. The third-order valence-corrected chi connectivity index (χ3v) is 7.18. The average Bonchev–Trinajstić information content (AvgIpc) is 3.47. The van der Waals surface area contributed by atoms with E-state index < -0.39 is 18.2 Å². The number of aromatic nitrogens is 5. The van der Waals surface area contributed by atoms with E-state index in [1.54, 1.807) is 17.0 Å². The van der Waals surface area contributed by atoms with Crippen LogP contribution in [0.15, 0.2) is 30.5 Å². The van der Waals surface area contributed by atoms with Crippen molar-refractivity contribution in [1.29, 1.82) is 0 Å². The first-order valence-corrected chi connectivity index (χ1v) is 13.1. The second-order valence-electron chi connectivity index (χ2n) is 10.1. The molecule has 0 atom stereocenters. The molecule has 2 aliphatic heterocycles. The first-order valence-electron chi connectivity index (χ1n) is 13.1. The van der Waals surface area contributed by atoms with E-state index in [0.717, 1.165) is 29.6 Å². The third-order valence-electron chi connectivity index (χ3n) is 7.18. The predicted molar refractivity (Wildman–Crippen MR) is 143 cm³/mol. The third kappa shape index (κ3) is 4.82. The summed E-state index contributed by atoms with van der Waals surface area (Å²) in [6.45, 7) is 9.22. The molecule has 204 valence electrons. The normalized spacial score (nSPS) is 15.4. The minimum atomic E-state index is -0.667. The number of fused-ring (bicyclic) bond motifs is 4. The molecule has 0 fully saturated rings. The minimum absolute atomic E-state index is 0.0230. The van der Waals surface area contributed by atoms with Gasteiger partial charge >= 0.3 is 0 Å². The topological polar surface area (TPSA) is 109 Å². The van der Waals surface area contributed by atoms with E-state index in [4.69, 9.17) is 5.11 Å². The van der Waals surface area contributed by atoms with Gasteiger partial charge in [-0.05, 0) is 30.2 Å². The second kappa shape index (κ2) is 10.3. The predicted octanol–water partition coefficient (Wildman–Crippen LogP) is 4.49. The molecule has 2 aliphatic rings. The SMILES string of the molecule is CC.CC1(C)CCn2nc3c(F)cc(-c4nc(Nc5ccc6c(n5)CCN(C(=O)CO)C6)ncc4F)cc3c21. The maximum Gasteiger partial charge on any atom is 0.248 e. The van der Waals surface area contributed by atoms with Crippen molar-refractivity contribution in [2.24, 2.45) is 0 Å². The molecule has 3 aromatic heterocycles. The van der Waals surface area contributed by atoms with Crippen molar-refractivity contribution in [3.8, 4) is 11.3 Å². The Morgan fingerprint density at radius 3 is 2.69 bits per heavy atom. The average molecular weight is 536 g/mol. The number of nitrogens with one attached hydrogen (secondary N) is 1. The van der Waals surface area contributed by atoms with Gasteiger partial charge in [-0.1, -0.05) is 33.8 Å². The Kier molecular flexibility index (Phi) is 7.02.